The molecule has 0 fully saturated rings. The van der Waals surface area contributed by atoms with Crippen molar-refractivity contribution in [2.75, 3.05) is 39.6 Å². The topological polar surface area (TPSA) is 237 Å². The van der Waals surface area contributed by atoms with Crippen LogP contribution in [0.2, 0.25) is 0 Å². The van der Waals surface area contributed by atoms with E-state index in [1.54, 1.807) is 0 Å². The summed E-state index contributed by atoms with van der Waals surface area (Å²) in [5.41, 5.74) is 0. The molecule has 103 heavy (non-hydrogen) atoms. The van der Waals surface area contributed by atoms with Crippen molar-refractivity contribution < 1.29 is 80.2 Å². The number of rotatable bonds is 84. The molecule has 0 aromatic carbocycles. The number of hydrogen-bond acceptors (Lipinski definition) is 15. The summed E-state index contributed by atoms with van der Waals surface area (Å²) < 4.78 is 68.8. The molecule has 0 amide bonds. The third-order valence-corrected chi connectivity index (χ3v) is 21.7. The average Bonchev–Trinajstić information content (AvgIpc) is 0.922. The predicted octanol–water partition coefficient (Wildman–Crippen LogP) is 25.6. The molecule has 0 radical (unpaired) electrons. The van der Waals surface area contributed by atoms with Crippen molar-refractivity contribution in [3.8, 4) is 0 Å². The number of aliphatic hydroxyl groups excluding tert-OH is 1. The van der Waals surface area contributed by atoms with Crippen LogP contribution in [0, 0.1) is 5.92 Å². The highest BCUT2D eigenvalue weighted by Gasteiger charge is 2.30. The summed E-state index contributed by atoms with van der Waals surface area (Å²) in [6, 6.07) is 0. The molecule has 3 N–H and O–H groups in total. The van der Waals surface area contributed by atoms with Gasteiger partial charge in [0.25, 0.3) is 0 Å². The minimum Gasteiger partial charge on any atom is -0.462 e. The lowest BCUT2D eigenvalue weighted by Gasteiger charge is -2.21. The second kappa shape index (κ2) is 76.8. The van der Waals surface area contributed by atoms with Gasteiger partial charge in [0.2, 0.25) is 0 Å². The minimum absolute atomic E-state index is 0.108. The second-order valence-corrected chi connectivity index (χ2v) is 33.6. The lowest BCUT2D eigenvalue weighted by Crippen LogP contribution is -2.30. The van der Waals surface area contributed by atoms with E-state index in [1.807, 2.05) is 0 Å². The largest absolute Gasteiger partial charge is 0.472 e. The lowest BCUT2D eigenvalue weighted by atomic mass is 10.0. The van der Waals surface area contributed by atoms with Crippen LogP contribution in [-0.4, -0.2) is 96.7 Å². The van der Waals surface area contributed by atoms with Crippen LogP contribution < -0.4 is 0 Å². The van der Waals surface area contributed by atoms with Gasteiger partial charge in [-0.25, -0.2) is 9.13 Å². The van der Waals surface area contributed by atoms with E-state index in [2.05, 4.69) is 34.6 Å². The molecule has 17 nitrogen and oxygen atoms in total. The normalized spacial score (nSPS) is 13.8. The van der Waals surface area contributed by atoms with Crippen LogP contribution in [0.15, 0.2) is 0 Å². The highest BCUT2D eigenvalue weighted by molar-refractivity contribution is 7.47. The van der Waals surface area contributed by atoms with Gasteiger partial charge in [-0.1, -0.05) is 401 Å². The fourth-order valence-corrected chi connectivity index (χ4v) is 14.7. The van der Waals surface area contributed by atoms with Gasteiger partial charge in [-0.15, -0.1) is 0 Å². The molecular formula is C84H164O17P2. The zero-order chi connectivity index (χ0) is 75.5. The Hall–Kier alpha value is -1.94. The summed E-state index contributed by atoms with van der Waals surface area (Å²) in [6.07, 6.45) is 69.7. The molecule has 0 aliphatic rings. The maximum Gasteiger partial charge on any atom is 0.472 e. The van der Waals surface area contributed by atoms with Gasteiger partial charge >= 0.3 is 39.5 Å². The Kier molecular flexibility index (Phi) is 75.4. The SMILES string of the molecule is CCCCCCCCCCCCCCCCCCCCCCCC(=O)O[C@H](COC(=O)CCCCCCCCCCCCCCCCCCCC)COP(=O)(O)OC[C@@H](O)COP(=O)(O)OC[C@@H](COC(=O)CCCCCCCCC(C)C)OC(=O)CCCCCCCCCCCCCCCCC. The third-order valence-electron chi connectivity index (χ3n) is 19.8. The molecule has 0 aliphatic carbocycles. The Morgan fingerprint density at radius 2 is 0.447 bits per heavy atom. The number of unbranched alkanes of at least 4 members (excludes halogenated alkanes) is 56. The van der Waals surface area contributed by atoms with Crippen molar-refractivity contribution in [3.05, 3.63) is 0 Å². The smallest absolute Gasteiger partial charge is 0.462 e. The van der Waals surface area contributed by atoms with Gasteiger partial charge in [0, 0.05) is 25.7 Å². The number of esters is 4. The number of carbonyl (C=O) groups is 4. The molecule has 0 rings (SSSR count). The van der Waals surface area contributed by atoms with Gasteiger partial charge < -0.3 is 33.8 Å². The molecule has 0 bridgehead atoms. The highest BCUT2D eigenvalue weighted by Crippen LogP contribution is 2.45. The quantitative estimate of drug-likeness (QED) is 0.0222. The van der Waals surface area contributed by atoms with Gasteiger partial charge in [0.15, 0.2) is 12.2 Å². The van der Waals surface area contributed by atoms with Crippen LogP contribution in [0.1, 0.15) is 452 Å². The Bertz CT molecular complexity index is 1960. The standard InChI is InChI=1S/C84H164O17P2/c1-6-9-12-15-18-21-24-27-30-32-34-35-36-38-41-44-47-50-53-60-65-69-83(88)100-79(73-94-81(86)67-62-57-51-48-45-42-40-37-33-31-28-25-22-19-16-13-10-7-2)75-98-102(90,91)96-71-78(85)72-97-103(92,93)99-76-80(74-95-82(87)68-63-58-55-54-56-61-66-77(4)5)101-84(89)70-64-59-52-49-46-43-39-29-26-23-20-17-14-11-8-3/h77-80,85H,6-76H2,1-5H3,(H,90,91)(H,92,93)/t78-,79-,80-/m1/s1. The van der Waals surface area contributed by atoms with E-state index in [1.165, 1.54) is 270 Å². The predicted molar refractivity (Wildman–Crippen MR) is 423 cm³/mol. The first kappa shape index (κ1) is 101. The van der Waals surface area contributed by atoms with Crippen LogP contribution >= 0.6 is 15.6 Å². The molecule has 0 saturated heterocycles. The first-order chi connectivity index (χ1) is 50.0. The average molecular weight is 1510 g/mol. The fraction of sp³-hybridized carbons (Fsp3) is 0.952. The third kappa shape index (κ3) is 78.0. The Morgan fingerprint density at radius 3 is 0.660 bits per heavy atom. The van der Waals surface area contributed by atoms with E-state index in [0.29, 0.717) is 31.6 Å². The number of hydrogen-bond donors (Lipinski definition) is 3. The number of ether oxygens (including phenoxy) is 4. The van der Waals surface area contributed by atoms with Crippen molar-refractivity contribution >= 4 is 39.5 Å². The van der Waals surface area contributed by atoms with E-state index >= 15 is 0 Å². The molecule has 0 heterocycles. The van der Waals surface area contributed by atoms with E-state index in [-0.39, 0.29) is 25.7 Å². The van der Waals surface area contributed by atoms with Gasteiger partial charge in [-0.2, -0.15) is 0 Å². The summed E-state index contributed by atoms with van der Waals surface area (Å²) in [4.78, 5) is 73.1. The molecule has 0 aromatic heterocycles. The van der Waals surface area contributed by atoms with Gasteiger partial charge in [-0.3, -0.25) is 37.3 Å². The zero-order valence-electron chi connectivity index (χ0n) is 67.5. The molecule has 2 unspecified atom stereocenters. The van der Waals surface area contributed by atoms with Crippen molar-refractivity contribution in [2.24, 2.45) is 5.92 Å². The zero-order valence-corrected chi connectivity index (χ0v) is 69.3. The summed E-state index contributed by atoms with van der Waals surface area (Å²) >= 11 is 0. The molecule has 0 aliphatic heterocycles. The first-order valence-corrected chi connectivity index (χ1v) is 46.6. The maximum atomic E-state index is 13.1. The second-order valence-electron chi connectivity index (χ2n) is 30.7. The fourth-order valence-electron chi connectivity index (χ4n) is 13.1. The van der Waals surface area contributed by atoms with Crippen LogP contribution in [0.3, 0.4) is 0 Å². The number of phosphoric acid groups is 2. The molecule has 19 heteroatoms. The Morgan fingerprint density at radius 1 is 0.262 bits per heavy atom. The summed E-state index contributed by atoms with van der Waals surface area (Å²) in [6.45, 7) is 7.27. The summed E-state index contributed by atoms with van der Waals surface area (Å²) in [7, 11) is -9.92. The first-order valence-electron chi connectivity index (χ1n) is 43.6. The lowest BCUT2D eigenvalue weighted by molar-refractivity contribution is -0.161. The maximum absolute atomic E-state index is 13.1. The molecule has 0 aromatic rings. The van der Waals surface area contributed by atoms with Gasteiger partial charge in [0.1, 0.15) is 19.3 Å². The van der Waals surface area contributed by atoms with Crippen LogP contribution in [0.25, 0.3) is 0 Å². The summed E-state index contributed by atoms with van der Waals surface area (Å²) in [5.74, 6) is -1.43. The number of carbonyl (C=O) groups excluding carboxylic acids is 4. The number of aliphatic hydroxyl groups is 1. The molecular weight excluding hydrogens is 1340 g/mol. The van der Waals surface area contributed by atoms with Crippen molar-refractivity contribution in [2.45, 2.75) is 470 Å². The molecule has 0 spiro atoms. The summed E-state index contributed by atoms with van der Waals surface area (Å²) in [5, 5.41) is 10.7. The minimum atomic E-state index is -4.96. The van der Waals surface area contributed by atoms with E-state index in [4.69, 9.17) is 37.0 Å². The monoisotopic (exact) mass is 1510 g/mol. The van der Waals surface area contributed by atoms with Gasteiger partial charge in [0.05, 0.1) is 26.4 Å². The van der Waals surface area contributed by atoms with Gasteiger partial charge in [-0.05, 0) is 31.6 Å². The number of phosphoric ester groups is 2. The van der Waals surface area contributed by atoms with E-state index in [9.17, 15) is 43.2 Å². The highest BCUT2D eigenvalue weighted by atomic mass is 31.2. The van der Waals surface area contributed by atoms with Crippen LogP contribution in [0.4, 0.5) is 0 Å². The van der Waals surface area contributed by atoms with Crippen LogP contribution in [0.5, 0.6) is 0 Å². The Balaban J connectivity index is 5.20. The van der Waals surface area contributed by atoms with E-state index < -0.39 is 97.5 Å². The molecule has 0 saturated carbocycles. The van der Waals surface area contributed by atoms with Crippen molar-refractivity contribution in [1.29, 1.82) is 0 Å². The molecule has 612 valence electrons. The van der Waals surface area contributed by atoms with Crippen molar-refractivity contribution in [1.82, 2.24) is 0 Å². The van der Waals surface area contributed by atoms with E-state index in [0.717, 1.165) is 96.3 Å². The molecule has 5 atom stereocenters. The Labute approximate surface area is 632 Å². The van der Waals surface area contributed by atoms with Crippen molar-refractivity contribution in [3.63, 3.8) is 0 Å². The van der Waals surface area contributed by atoms with Crippen LogP contribution in [-0.2, 0) is 65.4 Å².